The van der Waals surface area contributed by atoms with Gasteiger partial charge in [-0.05, 0) is 43.4 Å². The minimum Gasteiger partial charge on any atom is -0.350 e. The number of hydrogen-bond donors (Lipinski definition) is 2. The summed E-state index contributed by atoms with van der Waals surface area (Å²) in [6.45, 7) is 0.515. The SMILES string of the molecule is O=C(NCCn1nc2c(cc1=O)CCCC2)c1ccc[nH]c1=O. The first-order valence-corrected chi connectivity index (χ1v) is 7.71. The number of rotatable bonds is 4. The molecule has 2 aromatic heterocycles. The van der Waals surface area contributed by atoms with Gasteiger partial charge in [0.1, 0.15) is 5.56 Å². The van der Waals surface area contributed by atoms with Crippen molar-refractivity contribution >= 4 is 5.91 Å². The highest BCUT2D eigenvalue weighted by molar-refractivity contribution is 5.93. The van der Waals surface area contributed by atoms with Gasteiger partial charge in [-0.25, -0.2) is 4.68 Å². The maximum Gasteiger partial charge on any atom is 0.267 e. The van der Waals surface area contributed by atoms with Gasteiger partial charge >= 0.3 is 0 Å². The van der Waals surface area contributed by atoms with E-state index >= 15 is 0 Å². The summed E-state index contributed by atoms with van der Waals surface area (Å²) in [5.41, 5.74) is 1.48. The van der Waals surface area contributed by atoms with Crippen LogP contribution in [0, 0.1) is 0 Å². The van der Waals surface area contributed by atoms with E-state index in [0.717, 1.165) is 36.9 Å². The van der Waals surface area contributed by atoms with Gasteiger partial charge in [0.05, 0.1) is 12.2 Å². The molecular formula is C16H18N4O3. The van der Waals surface area contributed by atoms with Crippen molar-refractivity contribution < 1.29 is 4.79 Å². The van der Waals surface area contributed by atoms with E-state index in [9.17, 15) is 14.4 Å². The fraction of sp³-hybridized carbons (Fsp3) is 0.375. The average molecular weight is 314 g/mol. The number of H-pyrrole nitrogens is 1. The molecule has 0 fully saturated rings. The van der Waals surface area contributed by atoms with Crippen LogP contribution in [0.2, 0.25) is 0 Å². The summed E-state index contributed by atoms with van der Waals surface area (Å²) in [6.07, 6.45) is 5.45. The van der Waals surface area contributed by atoms with Crippen LogP contribution in [0.15, 0.2) is 34.0 Å². The number of aromatic nitrogens is 3. The molecule has 2 aromatic rings. The zero-order valence-electron chi connectivity index (χ0n) is 12.7. The van der Waals surface area contributed by atoms with Crippen molar-refractivity contribution in [3.05, 3.63) is 61.9 Å². The molecule has 0 radical (unpaired) electrons. The molecular weight excluding hydrogens is 296 g/mol. The Bertz CT molecular complexity index is 838. The van der Waals surface area contributed by atoms with Crippen molar-refractivity contribution in [1.82, 2.24) is 20.1 Å². The van der Waals surface area contributed by atoms with Crippen LogP contribution >= 0.6 is 0 Å². The van der Waals surface area contributed by atoms with Crippen molar-refractivity contribution in [2.45, 2.75) is 32.2 Å². The smallest absolute Gasteiger partial charge is 0.267 e. The zero-order valence-corrected chi connectivity index (χ0v) is 12.7. The van der Waals surface area contributed by atoms with Crippen LogP contribution in [0.5, 0.6) is 0 Å². The normalized spacial score (nSPS) is 13.4. The summed E-state index contributed by atoms with van der Waals surface area (Å²) < 4.78 is 1.37. The van der Waals surface area contributed by atoms with Gasteiger partial charge in [0.2, 0.25) is 0 Å². The van der Waals surface area contributed by atoms with E-state index in [0.29, 0.717) is 0 Å². The summed E-state index contributed by atoms with van der Waals surface area (Å²) in [4.78, 5) is 37.9. The van der Waals surface area contributed by atoms with Crippen LogP contribution < -0.4 is 16.4 Å². The predicted octanol–water partition coefficient (Wildman–Crippen LogP) is 0.240. The second-order valence-corrected chi connectivity index (χ2v) is 5.55. The molecule has 2 heterocycles. The van der Waals surface area contributed by atoms with Crippen LogP contribution in [0.1, 0.15) is 34.5 Å². The van der Waals surface area contributed by atoms with Gasteiger partial charge in [-0.1, -0.05) is 0 Å². The lowest BCUT2D eigenvalue weighted by atomic mass is 9.97. The van der Waals surface area contributed by atoms with Gasteiger partial charge in [0.15, 0.2) is 0 Å². The fourth-order valence-corrected chi connectivity index (χ4v) is 2.73. The summed E-state index contributed by atoms with van der Waals surface area (Å²) in [5, 5.41) is 7.02. The zero-order chi connectivity index (χ0) is 16.2. The Morgan fingerprint density at radius 1 is 1.30 bits per heavy atom. The molecule has 7 nitrogen and oxygen atoms in total. The van der Waals surface area contributed by atoms with E-state index in [-0.39, 0.29) is 24.2 Å². The standard InChI is InChI=1S/C16H18N4O3/c21-14-10-11-4-1-2-6-13(11)19-20(14)9-8-18-16(23)12-5-3-7-17-15(12)22/h3,5,7,10H,1-2,4,6,8-9H2,(H,17,22)(H,18,23). The third kappa shape index (κ3) is 3.39. The van der Waals surface area contributed by atoms with E-state index in [1.54, 1.807) is 12.1 Å². The molecule has 2 N–H and O–H groups in total. The predicted molar refractivity (Wildman–Crippen MR) is 84.5 cm³/mol. The molecule has 7 heteroatoms. The molecule has 0 spiro atoms. The highest BCUT2D eigenvalue weighted by Gasteiger charge is 2.13. The number of carbonyl (C=O) groups is 1. The Balaban J connectivity index is 1.65. The average Bonchev–Trinajstić information content (AvgIpc) is 2.55. The van der Waals surface area contributed by atoms with Crippen molar-refractivity contribution in [2.24, 2.45) is 0 Å². The number of aromatic amines is 1. The van der Waals surface area contributed by atoms with Crippen molar-refractivity contribution in [3.8, 4) is 0 Å². The first-order valence-electron chi connectivity index (χ1n) is 7.71. The third-order valence-electron chi connectivity index (χ3n) is 3.95. The molecule has 0 saturated carbocycles. The molecule has 0 aromatic carbocycles. The van der Waals surface area contributed by atoms with Crippen LogP contribution in [-0.2, 0) is 19.4 Å². The van der Waals surface area contributed by atoms with E-state index < -0.39 is 11.5 Å². The van der Waals surface area contributed by atoms with Crippen LogP contribution in [-0.4, -0.2) is 27.2 Å². The van der Waals surface area contributed by atoms with Gasteiger partial charge in [0.25, 0.3) is 17.0 Å². The molecule has 0 atom stereocenters. The number of fused-ring (bicyclic) bond motifs is 1. The largest absolute Gasteiger partial charge is 0.350 e. The Kier molecular flexibility index (Phi) is 4.36. The minimum absolute atomic E-state index is 0.0539. The number of nitrogens with one attached hydrogen (secondary N) is 2. The fourth-order valence-electron chi connectivity index (χ4n) is 2.73. The Morgan fingerprint density at radius 3 is 2.96 bits per heavy atom. The Morgan fingerprint density at radius 2 is 2.13 bits per heavy atom. The summed E-state index contributed by atoms with van der Waals surface area (Å²) >= 11 is 0. The maximum absolute atomic E-state index is 12.0. The summed E-state index contributed by atoms with van der Waals surface area (Å²) in [5.74, 6) is -0.460. The van der Waals surface area contributed by atoms with E-state index in [1.165, 1.54) is 16.9 Å². The highest BCUT2D eigenvalue weighted by Crippen LogP contribution is 2.16. The Labute approximate surface area is 132 Å². The number of aryl methyl sites for hydroxylation is 2. The van der Waals surface area contributed by atoms with Crippen LogP contribution in [0.4, 0.5) is 0 Å². The molecule has 0 unspecified atom stereocenters. The molecule has 0 saturated heterocycles. The molecule has 23 heavy (non-hydrogen) atoms. The molecule has 0 bridgehead atoms. The Hall–Kier alpha value is -2.70. The lowest BCUT2D eigenvalue weighted by Crippen LogP contribution is -2.35. The van der Waals surface area contributed by atoms with Crippen molar-refractivity contribution in [1.29, 1.82) is 0 Å². The van der Waals surface area contributed by atoms with E-state index in [2.05, 4.69) is 15.4 Å². The van der Waals surface area contributed by atoms with Gasteiger partial charge in [-0.2, -0.15) is 5.10 Å². The topological polar surface area (TPSA) is 96.8 Å². The number of carbonyl (C=O) groups excluding carboxylic acids is 1. The van der Waals surface area contributed by atoms with Gasteiger partial charge in [-0.3, -0.25) is 14.4 Å². The molecule has 120 valence electrons. The highest BCUT2D eigenvalue weighted by atomic mass is 16.2. The number of hydrogen-bond acceptors (Lipinski definition) is 4. The quantitative estimate of drug-likeness (QED) is 0.845. The lowest BCUT2D eigenvalue weighted by Gasteiger charge is -2.15. The number of amides is 1. The van der Waals surface area contributed by atoms with Crippen molar-refractivity contribution in [3.63, 3.8) is 0 Å². The van der Waals surface area contributed by atoms with Gasteiger partial charge in [0, 0.05) is 18.8 Å². The van der Waals surface area contributed by atoms with Crippen LogP contribution in [0.3, 0.4) is 0 Å². The number of nitrogens with zero attached hydrogens (tertiary/aromatic N) is 2. The van der Waals surface area contributed by atoms with E-state index in [4.69, 9.17) is 0 Å². The molecule has 1 amide bonds. The maximum atomic E-state index is 12.0. The van der Waals surface area contributed by atoms with E-state index in [1.807, 2.05) is 0 Å². The lowest BCUT2D eigenvalue weighted by molar-refractivity contribution is 0.0950. The monoisotopic (exact) mass is 314 g/mol. The molecule has 1 aliphatic carbocycles. The molecule has 3 rings (SSSR count). The first-order chi connectivity index (χ1) is 11.1. The third-order valence-corrected chi connectivity index (χ3v) is 3.95. The molecule has 0 aliphatic heterocycles. The van der Waals surface area contributed by atoms with Crippen molar-refractivity contribution in [2.75, 3.05) is 6.54 Å². The summed E-state index contributed by atoms with van der Waals surface area (Å²) in [7, 11) is 0. The summed E-state index contributed by atoms with van der Waals surface area (Å²) in [6, 6.07) is 4.69. The van der Waals surface area contributed by atoms with Gasteiger partial charge in [-0.15, -0.1) is 0 Å². The van der Waals surface area contributed by atoms with Gasteiger partial charge < -0.3 is 10.3 Å². The second-order valence-electron chi connectivity index (χ2n) is 5.55. The molecule has 1 aliphatic rings. The number of pyridine rings is 1. The first kappa shape index (κ1) is 15.2. The van der Waals surface area contributed by atoms with Crippen LogP contribution in [0.25, 0.3) is 0 Å². The second kappa shape index (κ2) is 6.60. The minimum atomic E-state index is -0.460.